The molecule has 3 aliphatic rings. The maximum Gasteiger partial charge on any atom is 0.146 e. The molecule has 25 heavy (non-hydrogen) atoms. The highest BCUT2D eigenvalue weighted by molar-refractivity contribution is 5.53. The summed E-state index contributed by atoms with van der Waals surface area (Å²) in [6.07, 6.45) is 4.18. The lowest BCUT2D eigenvalue weighted by atomic mass is 9.76. The normalized spacial score (nSPS) is 37.5. The van der Waals surface area contributed by atoms with E-state index in [0.29, 0.717) is 17.8 Å². The van der Waals surface area contributed by atoms with Crippen LogP contribution < -0.4 is 5.32 Å². The van der Waals surface area contributed by atoms with Crippen LogP contribution in [0.5, 0.6) is 0 Å². The minimum Gasteiger partial charge on any atom is -0.325 e. The number of quaternary nitrogens is 1. The highest BCUT2D eigenvalue weighted by atomic mass is 19.1. The molecule has 2 N–H and O–H groups in total. The van der Waals surface area contributed by atoms with Crippen LogP contribution in [0.2, 0.25) is 0 Å². The zero-order valence-electron chi connectivity index (χ0n) is 15.2. The Morgan fingerprint density at radius 2 is 1.56 bits per heavy atom. The molecular weight excluding hydrogens is 309 g/mol. The van der Waals surface area contributed by atoms with Gasteiger partial charge in [0, 0.05) is 29.5 Å². The topological polar surface area (TPSA) is 16.6 Å². The Balaban J connectivity index is 1.82. The second-order valence-corrected chi connectivity index (χ2v) is 8.65. The van der Waals surface area contributed by atoms with Crippen molar-refractivity contribution in [3.63, 3.8) is 0 Å². The minimum atomic E-state index is -0.242. The summed E-state index contributed by atoms with van der Waals surface area (Å²) in [5.74, 6) is 0.678. The van der Waals surface area contributed by atoms with Crippen LogP contribution in [0.15, 0.2) is 48.5 Å². The largest absolute Gasteiger partial charge is 0.325 e. The van der Waals surface area contributed by atoms with Gasteiger partial charge in [-0.15, -0.1) is 0 Å². The molecule has 5 rings (SSSR count). The van der Waals surface area contributed by atoms with Crippen LogP contribution in [0.3, 0.4) is 0 Å². The fraction of sp³-hybridized carbons (Fsp3) is 0.478. The monoisotopic (exact) mass is 336 g/mol. The zero-order chi connectivity index (χ0) is 17.3. The number of hydrogen-bond acceptors (Lipinski definition) is 0. The SMILES string of the molecule is CCC12CC1CC1(CCF)[NH2+]C(C)(c3ccccc31)c1ccccc12. The highest BCUT2D eigenvalue weighted by Crippen LogP contribution is 2.64. The van der Waals surface area contributed by atoms with Crippen LogP contribution in [0.1, 0.15) is 61.8 Å². The van der Waals surface area contributed by atoms with Crippen molar-refractivity contribution in [2.45, 2.75) is 56.0 Å². The van der Waals surface area contributed by atoms with Crippen molar-refractivity contribution in [3.05, 3.63) is 70.8 Å². The molecule has 1 nitrogen and oxygen atoms in total. The standard InChI is InChI=1S/C23H26FN/c1-3-22-14-16(22)15-23(12-13-24)20-11-7-5-9-18(20)21(2,25-23)17-8-4-6-10-19(17)22/h4-11,16,25H,3,12-15H2,1-2H3/p+1. The Morgan fingerprint density at radius 3 is 2.20 bits per heavy atom. The van der Waals surface area contributed by atoms with Gasteiger partial charge < -0.3 is 5.32 Å². The number of rotatable bonds is 3. The third kappa shape index (κ3) is 1.81. The van der Waals surface area contributed by atoms with Gasteiger partial charge in [0.1, 0.15) is 11.1 Å². The first kappa shape index (κ1) is 15.6. The summed E-state index contributed by atoms with van der Waals surface area (Å²) in [7, 11) is 0. The maximum absolute atomic E-state index is 13.7. The van der Waals surface area contributed by atoms with Gasteiger partial charge in [-0.3, -0.25) is 4.39 Å². The van der Waals surface area contributed by atoms with E-state index in [9.17, 15) is 4.39 Å². The van der Waals surface area contributed by atoms with Crippen LogP contribution in [-0.2, 0) is 16.5 Å². The first-order chi connectivity index (χ1) is 12.1. The Labute approximate surface area is 149 Å². The van der Waals surface area contributed by atoms with Gasteiger partial charge in [-0.05, 0) is 36.7 Å². The molecule has 2 bridgehead atoms. The number of fused-ring (bicyclic) bond motifs is 9. The van der Waals surface area contributed by atoms with Crippen molar-refractivity contribution < 1.29 is 9.71 Å². The molecule has 1 saturated carbocycles. The third-order valence-electron chi connectivity index (χ3n) is 7.63. The van der Waals surface area contributed by atoms with Gasteiger partial charge in [0.05, 0.1) is 6.67 Å². The fourth-order valence-corrected chi connectivity index (χ4v) is 6.36. The molecule has 130 valence electrons. The molecule has 0 saturated heterocycles. The van der Waals surface area contributed by atoms with Gasteiger partial charge in [0.2, 0.25) is 0 Å². The first-order valence-corrected chi connectivity index (χ1v) is 9.73. The van der Waals surface area contributed by atoms with Crippen LogP contribution in [0.4, 0.5) is 4.39 Å². The lowest BCUT2D eigenvalue weighted by Crippen LogP contribution is -3.00. The lowest BCUT2D eigenvalue weighted by Gasteiger charge is -2.37. The Kier molecular flexibility index (Phi) is 3.08. The molecular formula is C23H27FN+. The molecule has 1 fully saturated rings. The zero-order valence-corrected chi connectivity index (χ0v) is 15.2. The second kappa shape index (κ2) is 4.94. The van der Waals surface area contributed by atoms with Crippen molar-refractivity contribution in [1.29, 1.82) is 0 Å². The summed E-state index contributed by atoms with van der Waals surface area (Å²) >= 11 is 0. The molecule has 4 unspecified atom stereocenters. The van der Waals surface area contributed by atoms with Crippen molar-refractivity contribution in [2.24, 2.45) is 5.92 Å². The van der Waals surface area contributed by atoms with E-state index < -0.39 is 0 Å². The minimum absolute atomic E-state index is 0.102. The highest BCUT2D eigenvalue weighted by Gasteiger charge is 2.65. The number of hydrogen-bond donors (Lipinski definition) is 1. The van der Waals surface area contributed by atoms with Crippen LogP contribution in [-0.4, -0.2) is 6.67 Å². The van der Waals surface area contributed by atoms with Crippen LogP contribution in [0.25, 0.3) is 0 Å². The summed E-state index contributed by atoms with van der Waals surface area (Å²) in [6, 6.07) is 17.9. The average Bonchev–Trinajstić information content (AvgIpc) is 3.27. The van der Waals surface area contributed by atoms with E-state index in [1.54, 1.807) is 5.56 Å². The molecule has 2 heterocycles. The van der Waals surface area contributed by atoms with Crippen molar-refractivity contribution in [2.75, 3.05) is 6.67 Å². The predicted octanol–water partition coefficient (Wildman–Crippen LogP) is 4.15. The van der Waals surface area contributed by atoms with E-state index in [0.717, 1.165) is 6.42 Å². The number of alkyl halides is 1. The summed E-state index contributed by atoms with van der Waals surface area (Å²) < 4.78 is 13.7. The Bertz CT molecular complexity index is 845. The second-order valence-electron chi connectivity index (χ2n) is 8.65. The molecule has 0 aromatic heterocycles. The maximum atomic E-state index is 13.7. The fourth-order valence-electron chi connectivity index (χ4n) is 6.36. The van der Waals surface area contributed by atoms with Gasteiger partial charge in [-0.2, -0.15) is 0 Å². The van der Waals surface area contributed by atoms with Gasteiger partial charge in [-0.1, -0.05) is 55.5 Å². The molecule has 0 amide bonds. The predicted molar refractivity (Wildman–Crippen MR) is 98.2 cm³/mol. The number of halogens is 1. The first-order valence-electron chi connectivity index (χ1n) is 9.73. The van der Waals surface area contributed by atoms with E-state index in [2.05, 4.69) is 67.7 Å². The molecule has 0 spiro atoms. The summed E-state index contributed by atoms with van der Waals surface area (Å²) in [5, 5.41) is 2.51. The van der Waals surface area contributed by atoms with Gasteiger partial charge >= 0.3 is 0 Å². The summed E-state index contributed by atoms with van der Waals surface area (Å²) in [6.45, 7) is 4.45. The van der Waals surface area contributed by atoms with Crippen molar-refractivity contribution >= 4 is 0 Å². The van der Waals surface area contributed by atoms with Gasteiger partial charge in [0.25, 0.3) is 0 Å². The molecule has 2 aromatic carbocycles. The van der Waals surface area contributed by atoms with Crippen molar-refractivity contribution in [3.8, 4) is 0 Å². The Hall–Kier alpha value is -1.67. The molecule has 2 heteroatoms. The number of benzene rings is 2. The van der Waals surface area contributed by atoms with E-state index in [4.69, 9.17) is 0 Å². The molecule has 4 atom stereocenters. The van der Waals surface area contributed by atoms with Crippen LogP contribution >= 0.6 is 0 Å². The van der Waals surface area contributed by atoms with E-state index in [-0.39, 0.29) is 17.8 Å². The van der Waals surface area contributed by atoms with Crippen LogP contribution in [0, 0.1) is 5.92 Å². The average molecular weight is 336 g/mol. The van der Waals surface area contributed by atoms with Gasteiger partial charge in [-0.25, -0.2) is 0 Å². The molecule has 2 aromatic rings. The lowest BCUT2D eigenvalue weighted by molar-refractivity contribution is -0.787. The smallest absolute Gasteiger partial charge is 0.146 e. The number of nitrogens with two attached hydrogens (primary N) is 1. The molecule has 0 radical (unpaired) electrons. The summed E-state index contributed by atoms with van der Waals surface area (Å²) in [4.78, 5) is 0. The molecule has 1 aliphatic carbocycles. The van der Waals surface area contributed by atoms with E-state index in [1.165, 1.54) is 29.5 Å². The third-order valence-corrected chi connectivity index (χ3v) is 7.63. The quantitative estimate of drug-likeness (QED) is 0.867. The van der Waals surface area contributed by atoms with Crippen molar-refractivity contribution in [1.82, 2.24) is 0 Å². The van der Waals surface area contributed by atoms with Gasteiger partial charge in [0.15, 0.2) is 0 Å². The van der Waals surface area contributed by atoms with E-state index >= 15 is 0 Å². The Morgan fingerprint density at radius 1 is 0.960 bits per heavy atom. The van der Waals surface area contributed by atoms with E-state index in [1.807, 2.05) is 0 Å². The summed E-state index contributed by atoms with van der Waals surface area (Å²) in [5.41, 5.74) is 5.87. The molecule has 2 aliphatic heterocycles.